The third-order valence-corrected chi connectivity index (χ3v) is 13.8. The molecule has 0 saturated heterocycles. The summed E-state index contributed by atoms with van der Waals surface area (Å²) in [7, 11) is 0. The number of allylic oxidation sites excluding steroid dienone is 1. The van der Waals surface area contributed by atoms with Gasteiger partial charge in [0.1, 0.15) is 0 Å². The molecule has 2 nitrogen and oxygen atoms in total. The van der Waals surface area contributed by atoms with Gasteiger partial charge in [0.15, 0.2) is 0 Å². The minimum Gasteiger partial charge on any atom is -0.313 e. The maximum absolute atomic E-state index is 3.42. The van der Waals surface area contributed by atoms with Gasteiger partial charge in [-0.1, -0.05) is 140 Å². The van der Waals surface area contributed by atoms with Gasteiger partial charge in [0, 0.05) is 44.2 Å². The van der Waals surface area contributed by atoms with Gasteiger partial charge in [0.05, 0.1) is 16.6 Å². The largest absolute Gasteiger partial charge is 0.313 e. The van der Waals surface area contributed by atoms with Gasteiger partial charge in [-0.2, -0.15) is 0 Å². The first-order chi connectivity index (χ1) is 30.8. The molecule has 0 atom stereocenters. The zero-order valence-electron chi connectivity index (χ0n) is 33.8. The molecule has 1 aliphatic carbocycles. The first-order valence-corrected chi connectivity index (χ1v) is 21.6. The molecular formula is C60H36N2. The van der Waals surface area contributed by atoms with Gasteiger partial charge in [-0.15, -0.1) is 0 Å². The lowest BCUT2D eigenvalue weighted by Gasteiger charge is -2.15. The van der Waals surface area contributed by atoms with Crippen LogP contribution in [-0.2, 0) is 6.42 Å². The number of fused-ring (bicyclic) bond motifs is 18. The summed E-state index contributed by atoms with van der Waals surface area (Å²) in [4.78, 5) is 0. The van der Waals surface area contributed by atoms with Gasteiger partial charge >= 0.3 is 0 Å². The van der Waals surface area contributed by atoms with Crippen LogP contribution in [0.2, 0.25) is 0 Å². The smallest absolute Gasteiger partial charge is 0.0541 e. The molecule has 0 fully saturated rings. The third-order valence-electron chi connectivity index (χ3n) is 13.8. The maximum Gasteiger partial charge on any atom is 0.0541 e. The first kappa shape index (κ1) is 33.7. The molecule has 0 aliphatic heterocycles. The van der Waals surface area contributed by atoms with E-state index in [0.29, 0.717) is 0 Å². The maximum atomic E-state index is 3.42. The summed E-state index contributed by atoms with van der Waals surface area (Å²) in [5.41, 5.74) is 11.2. The molecule has 0 bridgehead atoms. The second-order valence-corrected chi connectivity index (χ2v) is 16.9. The fraction of sp³-hybridized carbons (Fsp3) is 0.0333. The summed E-state index contributed by atoms with van der Waals surface area (Å²) in [5, 5.41) is 18.9. The molecule has 0 amide bonds. The zero-order valence-corrected chi connectivity index (χ0v) is 33.8. The highest BCUT2D eigenvalue weighted by atomic mass is 15.0. The molecule has 0 N–H and O–H groups in total. The Morgan fingerprint density at radius 1 is 0.371 bits per heavy atom. The van der Waals surface area contributed by atoms with Crippen LogP contribution in [0, 0.1) is 12.1 Å². The molecular weight excluding hydrogens is 749 g/mol. The molecule has 2 heterocycles. The van der Waals surface area contributed by atoms with Crippen LogP contribution in [0.25, 0.3) is 126 Å². The number of hydrogen-bond acceptors (Lipinski definition) is 0. The molecule has 13 aromatic rings. The summed E-state index contributed by atoms with van der Waals surface area (Å²) in [6.07, 6.45) is 6.73. The quantitative estimate of drug-likeness (QED) is 0.158. The minimum absolute atomic E-state index is 1.00. The van der Waals surface area contributed by atoms with E-state index in [1.165, 1.54) is 126 Å². The number of aromatic nitrogens is 2. The van der Waals surface area contributed by atoms with Crippen molar-refractivity contribution >= 4 is 103 Å². The Morgan fingerprint density at radius 3 is 1.56 bits per heavy atom. The van der Waals surface area contributed by atoms with Crippen molar-refractivity contribution in [2.45, 2.75) is 12.8 Å². The normalized spacial score (nSPS) is 12.8. The van der Waals surface area contributed by atoms with Crippen molar-refractivity contribution in [1.29, 1.82) is 0 Å². The Hall–Kier alpha value is -8.12. The molecule has 11 aromatic carbocycles. The lowest BCUT2D eigenvalue weighted by molar-refractivity contribution is 0.889. The molecule has 0 radical (unpaired) electrons. The molecule has 2 heteroatoms. The molecule has 1 aliphatic rings. The number of hydrogen-bond donors (Lipinski definition) is 0. The molecule has 62 heavy (non-hydrogen) atoms. The van der Waals surface area contributed by atoms with E-state index in [-0.39, 0.29) is 0 Å². The van der Waals surface area contributed by atoms with Crippen LogP contribution in [0.15, 0.2) is 188 Å². The highest BCUT2D eigenvalue weighted by Crippen LogP contribution is 2.42. The van der Waals surface area contributed by atoms with Crippen molar-refractivity contribution in [3.8, 4) is 22.5 Å². The van der Waals surface area contributed by atoms with E-state index in [1.807, 2.05) is 6.07 Å². The Kier molecular flexibility index (Phi) is 6.90. The van der Waals surface area contributed by atoms with Crippen LogP contribution in [0.3, 0.4) is 0 Å². The highest BCUT2D eigenvalue weighted by molar-refractivity contribution is 6.27. The second-order valence-electron chi connectivity index (χ2n) is 16.9. The Balaban J connectivity index is 0.936. The van der Waals surface area contributed by atoms with E-state index in [2.05, 4.69) is 209 Å². The SMILES string of the molecule is c1ccc2c(c#1)c1ccccc1c1cc(-n3c4c(c5cc(-c6ccc7c(c6)c6ccccc6n7-c6ccc7c8ccccc8c8ccccc8c7c6)ccc53)C=CCC4)ccc21. The van der Waals surface area contributed by atoms with E-state index in [4.69, 9.17) is 0 Å². The molecule has 0 saturated carbocycles. The van der Waals surface area contributed by atoms with Crippen LogP contribution in [0.1, 0.15) is 17.7 Å². The molecule has 0 spiro atoms. The van der Waals surface area contributed by atoms with Crippen molar-refractivity contribution in [3.63, 3.8) is 0 Å². The molecule has 14 rings (SSSR count). The average molecular weight is 785 g/mol. The number of para-hydroxylation sites is 1. The number of benzene rings is 10. The lowest BCUT2D eigenvalue weighted by Crippen LogP contribution is -2.03. The summed E-state index contributed by atoms with van der Waals surface area (Å²) in [6, 6.07) is 74.2. The van der Waals surface area contributed by atoms with E-state index < -0.39 is 0 Å². The average Bonchev–Trinajstić information content (AvgIpc) is 3.86. The van der Waals surface area contributed by atoms with Crippen molar-refractivity contribution in [2.24, 2.45) is 0 Å². The van der Waals surface area contributed by atoms with E-state index in [0.717, 1.165) is 18.2 Å². The van der Waals surface area contributed by atoms with Gasteiger partial charge in [0.25, 0.3) is 0 Å². The van der Waals surface area contributed by atoms with Gasteiger partial charge in [-0.25, -0.2) is 0 Å². The van der Waals surface area contributed by atoms with Crippen LogP contribution in [0.5, 0.6) is 0 Å². The van der Waals surface area contributed by atoms with Crippen molar-refractivity contribution in [2.75, 3.05) is 0 Å². The van der Waals surface area contributed by atoms with Crippen LogP contribution < -0.4 is 0 Å². The second kappa shape index (κ2) is 12.7. The van der Waals surface area contributed by atoms with E-state index in [1.54, 1.807) is 0 Å². The van der Waals surface area contributed by atoms with Gasteiger partial charge in [-0.3, -0.25) is 0 Å². The van der Waals surface area contributed by atoms with Crippen LogP contribution in [0.4, 0.5) is 0 Å². The Morgan fingerprint density at radius 2 is 0.871 bits per heavy atom. The summed E-state index contributed by atoms with van der Waals surface area (Å²) < 4.78 is 4.97. The van der Waals surface area contributed by atoms with Crippen molar-refractivity contribution in [3.05, 3.63) is 211 Å². The zero-order chi connectivity index (χ0) is 40.5. The first-order valence-electron chi connectivity index (χ1n) is 21.6. The van der Waals surface area contributed by atoms with Gasteiger partial charge < -0.3 is 9.13 Å². The van der Waals surface area contributed by atoms with Crippen LogP contribution in [-0.4, -0.2) is 9.13 Å². The topological polar surface area (TPSA) is 9.86 Å². The van der Waals surface area contributed by atoms with E-state index in [9.17, 15) is 0 Å². The highest BCUT2D eigenvalue weighted by Gasteiger charge is 2.21. The number of rotatable bonds is 3. The molecule has 2 aromatic heterocycles. The third kappa shape index (κ3) is 4.65. The van der Waals surface area contributed by atoms with Crippen LogP contribution >= 0.6 is 0 Å². The minimum atomic E-state index is 1.00. The lowest BCUT2D eigenvalue weighted by atomic mass is 9.94. The van der Waals surface area contributed by atoms with E-state index >= 15 is 0 Å². The predicted octanol–water partition coefficient (Wildman–Crippen LogP) is 15.9. The van der Waals surface area contributed by atoms with Crippen molar-refractivity contribution < 1.29 is 0 Å². The van der Waals surface area contributed by atoms with Crippen molar-refractivity contribution in [1.82, 2.24) is 9.13 Å². The van der Waals surface area contributed by atoms with Gasteiger partial charge in [0.2, 0.25) is 0 Å². The predicted molar refractivity (Wildman–Crippen MR) is 263 cm³/mol. The molecule has 0 unspecified atom stereocenters. The molecule has 286 valence electrons. The summed E-state index contributed by atoms with van der Waals surface area (Å²) in [6.45, 7) is 0. The Labute approximate surface area is 357 Å². The Bertz CT molecular complexity index is 4030. The monoisotopic (exact) mass is 784 g/mol. The summed E-state index contributed by atoms with van der Waals surface area (Å²) >= 11 is 0. The fourth-order valence-corrected chi connectivity index (χ4v) is 11.1. The standard InChI is InChI=1S/C60H36N2/c1-3-17-45-41(13-1)43-15-5-7-19-47(43)53-35-39(27-29-49(45)53)61-57-23-11-9-21-51(57)55-33-37(25-31-59(55)61)38-26-32-60-56(34-38)52-22-10-12-24-58(52)62(60)40-28-30-50-46-18-4-2-14-42(46)44-16-6-8-20-48(44)54(50)36-40/h1,3-11,13,15-23,25-36H,12,24H2. The fourth-order valence-electron chi connectivity index (χ4n) is 11.1. The summed E-state index contributed by atoms with van der Waals surface area (Å²) in [5.74, 6) is 0. The number of nitrogens with zero attached hydrogens (tertiary/aromatic N) is 2. The van der Waals surface area contributed by atoms with Gasteiger partial charge in [-0.05, 0) is 150 Å².